The van der Waals surface area contributed by atoms with Gasteiger partial charge in [-0.05, 0) is 37.6 Å². The lowest BCUT2D eigenvalue weighted by Crippen LogP contribution is -2.21. The number of methoxy groups -OCH3 is 1. The molecule has 0 amide bonds. The van der Waals surface area contributed by atoms with E-state index in [2.05, 4.69) is 35.6 Å². The van der Waals surface area contributed by atoms with Crippen LogP contribution in [0.4, 0.5) is 5.69 Å². The van der Waals surface area contributed by atoms with E-state index in [0.29, 0.717) is 0 Å². The number of nitrogens with zero attached hydrogens (tertiary/aromatic N) is 1. The predicted molar refractivity (Wildman–Crippen MR) is 71.1 cm³/mol. The van der Waals surface area contributed by atoms with Gasteiger partial charge in [0.2, 0.25) is 0 Å². The zero-order valence-electron chi connectivity index (χ0n) is 10.6. The minimum Gasteiger partial charge on any atom is -0.466 e. The van der Waals surface area contributed by atoms with Gasteiger partial charge >= 0.3 is 5.97 Å². The SMILES string of the molecule is CCN(CC)c1ccc(C=CC(=O)OC)cc1. The molecule has 0 unspecified atom stereocenters. The summed E-state index contributed by atoms with van der Waals surface area (Å²) in [5.41, 5.74) is 2.19. The van der Waals surface area contributed by atoms with Gasteiger partial charge < -0.3 is 9.64 Å². The molecule has 0 radical (unpaired) electrons. The molecule has 0 saturated heterocycles. The van der Waals surface area contributed by atoms with Crippen molar-refractivity contribution in [2.24, 2.45) is 0 Å². The molecule has 0 bridgehead atoms. The minimum atomic E-state index is -0.335. The first-order chi connectivity index (χ1) is 8.21. The molecule has 0 saturated carbocycles. The molecule has 0 fully saturated rings. The van der Waals surface area contributed by atoms with Gasteiger partial charge in [0.25, 0.3) is 0 Å². The van der Waals surface area contributed by atoms with Gasteiger partial charge in [-0.15, -0.1) is 0 Å². The lowest BCUT2D eigenvalue weighted by Gasteiger charge is -2.20. The quantitative estimate of drug-likeness (QED) is 0.578. The maximum absolute atomic E-state index is 10.9. The first-order valence-corrected chi connectivity index (χ1v) is 5.82. The molecule has 1 aromatic rings. The lowest BCUT2D eigenvalue weighted by atomic mass is 10.2. The molecule has 3 heteroatoms. The Morgan fingerprint density at radius 1 is 1.24 bits per heavy atom. The Labute approximate surface area is 103 Å². The van der Waals surface area contributed by atoms with Gasteiger partial charge in [-0.25, -0.2) is 4.79 Å². The van der Waals surface area contributed by atoms with Gasteiger partial charge in [0, 0.05) is 24.9 Å². The van der Waals surface area contributed by atoms with Gasteiger partial charge in [0.05, 0.1) is 7.11 Å². The molecular formula is C14H19NO2. The smallest absolute Gasteiger partial charge is 0.330 e. The number of anilines is 1. The third kappa shape index (κ3) is 3.94. The number of ether oxygens (including phenoxy) is 1. The number of carbonyl (C=O) groups is 1. The fraction of sp³-hybridized carbons (Fsp3) is 0.357. The van der Waals surface area contributed by atoms with Crippen LogP contribution in [0, 0.1) is 0 Å². The number of carbonyl (C=O) groups excluding carboxylic acids is 1. The summed E-state index contributed by atoms with van der Waals surface area (Å²) in [4.78, 5) is 13.2. The maximum atomic E-state index is 10.9. The molecule has 0 N–H and O–H groups in total. The summed E-state index contributed by atoms with van der Waals surface area (Å²) in [7, 11) is 1.37. The van der Waals surface area contributed by atoms with E-state index in [4.69, 9.17) is 0 Å². The monoisotopic (exact) mass is 233 g/mol. The summed E-state index contributed by atoms with van der Waals surface area (Å²) >= 11 is 0. The Hall–Kier alpha value is -1.77. The highest BCUT2D eigenvalue weighted by molar-refractivity contribution is 5.86. The minimum absolute atomic E-state index is 0.335. The molecular weight excluding hydrogens is 214 g/mol. The van der Waals surface area contributed by atoms with Gasteiger partial charge in [-0.3, -0.25) is 0 Å². The van der Waals surface area contributed by atoms with E-state index in [9.17, 15) is 4.79 Å². The Kier molecular flexibility index (Phi) is 5.27. The average molecular weight is 233 g/mol. The second-order valence-electron chi connectivity index (χ2n) is 3.62. The zero-order chi connectivity index (χ0) is 12.7. The van der Waals surface area contributed by atoms with Crippen LogP contribution in [0.2, 0.25) is 0 Å². The van der Waals surface area contributed by atoms with E-state index in [-0.39, 0.29) is 5.97 Å². The molecule has 0 aliphatic heterocycles. The van der Waals surface area contributed by atoms with Crippen LogP contribution in [0.5, 0.6) is 0 Å². The maximum Gasteiger partial charge on any atom is 0.330 e. The molecule has 0 aromatic heterocycles. The van der Waals surface area contributed by atoms with Crippen molar-refractivity contribution in [3.05, 3.63) is 35.9 Å². The van der Waals surface area contributed by atoms with Gasteiger partial charge in [0.1, 0.15) is 0 Å². The standard InChI is InChI=1S/C14H19NO2/c1-4-15(5-2)13-9-6-12(7-10-13)8-11-14(16)17-3/h6-11H,4-5H2,1-3H3. The normalized spacial score (nSPS) is 10.5. The van der Waals surface area contributed by atoms with Crippen molar-refractivity contribution in [1.82, 2.24) is 0 Å². The van der Waals surface area contributed by atoms with Crippen LogP contribution in [-0.4, -0.2) is 26.2 Å². The van der Waals surface area contributed by atoms with E-state index in [1.807, 2.05) is 12.1 Å². The molecule has 0 aliphatic carbocycles. The third-order valence-electron chi connectivity index (χ3n) is 2.63. The van der Waals surface area contributed by atoms with Crippen LogP contribution >= 0.6 is 0 Å². The topological polar surface area (TPSA) is 29.5 Å². The van der Waals surface area contributed by atoms with E-state index in [1.54, 1.807) is 6.08 Å². The van der Waals surface area contributed by atoms with Crippen LogP contribution in [0.15, 0.2) is 30.3 Å². The van der Waals surface area contributed by atoms with Gasteiger partial charge in [-0.2, -0.15) is 0 Å². The Bertz CT molecular complexity index is 378. The Morgan fingerprint density at radius 2 is 1.82 bits per heavy atom. The van der Waals surface area contributed by atoms with Crippen molar-refractivity contribution >= 4 is 17.7 Å². The van der Waals surface area contributed by atoms with E-state index < -0.39 is 0 Å². The van der Waals surface area contributed by atoms with Crippen molar-refractivity contribution in [3.8, 4) is 0 Å². The number of esters is 1. The second-order valence-corrected chi connectivity index (χ2v) is 3.62. The highest BCUT2D eigenvalue weighted by atomic mass is 16.5. The van der Waals surface area contributed by atoms with E-state index in [1.165, 1.54) is 18.9 Å². The zero-order valence-corrected chi connectivity index (χ0v) is 10.6. The third-order valence-corrected chi connectivity index (χ3v) is 2.63. The Balaban J connectivity index is 2.74. The van der Waals surface area contributed by atoms with Crippen LogP contribution in [-0.2, 0) is 9.53 Å². The predicted octanol–water partition coefficient (Wildman–Crippen LogP) is 2.72. The fourth-order valence-electron chi connectivity index (χ4n) is 1.62. The van der Waals surface area contributed by atoms with Crippen LogP contribution in [0.3, 0.4) is 0 Å². The number of hydrogen-bond donors (Lipinski definition) is 0. The van der Waals surface area contributed by atoms with Crippen LogP contribution < -0.4 is 4.90 Å². The second kappa shape index (κ2) is 6.74. The summed E-state index contributed by atoms with van der Waals surface area (Å²) < 4.78 is 4.53. The molecule has 1 rings (SSSR count). The van der Waals surface area contributed by atoms with E-state index >= 15 is 0 Å². The molecule has 1 aromatic carbocycles. The van der Waals surface area contributed by atoms with Crippen LogP contribution in [0.25, 0.3) is 6.08 Å². The fourth-order valence-corrected chi connectivity index (χ4v) is 1.62. The molecule has 0 spiro atoms. The molecule has 3 nitrogen and oxygen atoms in total. The Morgan fingerprint density at radius 3 is 2.29 bits per heavy atom. The molecule has 17 heavy (non-hydrogen) atoms. The summed E-state index contributed by atoms with van der Waals surface area (Å²) in [6.45, 7) is 6.25. The average Bonchev–Trinajstić information content (AvgIpc) is 2.38. The molecule has 0 aliphatic rings. The number of hydrogen-bond acceptors (Lipinski definition) is 3. The van der Waals surface area contributed by atoms with Crippen molar-refractivity contribution in [1.29, 1.82) is 0 Å². The van der Waals surface area contributed by atoms with Crippen molar-refractivity contribution in [2.75, 3.05) is 25.1 Å². The highest BCUT2D eigenvalue weighted by Gasteiger charge is 2.00. The first kappa shape index (κ1) is 13.3. The van der Waals surface area contributed by atoms with E-state index in [0.717, 1.165) is 18.7 Å². The first-order valence-electron chi connectivity index (χ1n) is 5.82. The molecule has 0 heterocycles. The van der Waals surface area contributed by atoms with Gasteiger partial charge in [0.15, 0.2) is 0 Å². The lowest BCUT2D eigenvalue weighted by molar-refractivity contribution is -0.134. The summed E-state index contributed by atoms with van der Waals surface area (Å²) in [5.74, 6) is -0.335. The number of rotatable bonds is 5. The summed E-state index contributed by atoms with van der Waals surface area (Å²) in [5, 5.41) is 0. The summed E-state index contributed by atoms with van der Waals surface area (Å²) in [6, 6.07) is 8.11. The van der Waals surface area contributed by atoms with Crippen molar-refractivity contribution < 1.29 is 9.53 Å². The summed E-state index contributed by atoms with van der Waals surface area (Å²) in [6.07, 6.45) is 3.17. The molecule has 92 valence electrons. The largest absolute Gasteiger partial charge is 0.466 e. The van der Waals surface area contributed by atoms with Crippen LogP contribution in [0.1, 0.15) is 19.4 Å². The molecule has 0 atom stereocenters. The van der Waals surface area contributed by atoms with Crippen molar-refractivity contribution in [2.45, 2.75) is 13.8 Å². The highest BCUT2D eigenvalue weighted by Crippen LogP contribution is 2.15. The van der Waals surface area contributed by atoms with Crippen molar-refractivity contribution in [3.63, 3.8) is 0 Å². The van der Waals surface area contributed by atoms with Gasteiger partial charge in [-0.1, -0.05) is 12.1 Å². The number of benzene rings is 1.